The number of benzene rings is 1. The maximum Gasteiger partial charge on any atom is 0.234 e. The van der Waals surface area contributed by atoms with Crippen molar-refractivity contribution in [2.75, 3.05) is 11.1 Å². The molecule has 1 aromatic carbocycles. The van der Waals surface area contributed by atoms with E-state index in [-0.39, 0.29) is 11.7 Å². The van der Waals surface area contributed by atoms with Crippen LogP contribution in [-0.4, -0.2) is 26.4 Å². The van der Waals surface area contributed by atoms with Crippen molar-refractivity contribution in [2.24, 2.45) is 7.05 Å². The summed E-state index contributed by atoms with van der Waals surface area (Å²) >= 11 is 7.56. The number of anilines is 1. The number of hydrogen-bond acceptors (Lipinski definition) is 5. The lowest BCUT2D eigenvalue weighted by atomic mass is 10.1. The summed E-state index contributed by atoms with van der Waals surface area (Å²) in [7, 11) is 1.86. The fourth-order valence-corrected chi connectivity index (χ4v) is 3.75. The third-order valence-electron chi connectivity index (χ3n) is 3.96. The van der Waals surface area contributed by atoms with E-state index in [1.165, 1.54) is 11.8 Å². The number of rotatable bonds is 5. The van der Waals surface area contributed by atoms with Crippen LogP contribution in [0.15, 0.2) is 34.0 Å². The molecule has 3 rings (SSSR count). The predicted octanol–water partition coefficient (Wildman–Crippen LogP) is 4.38. The number of hydrogen-bond donors (Lipinski definition) is 1. The van der Waals surface area contributed by atoms with Crippen LogP contribution < -0.4 is 5.32 Å². The van der Waals surface area contributed by atoms with E-state index in [2.05, 4.69) is 15.5 Å². The van der Waals surface area contributed by atoms with Gasteiger partial charge in [-0.3, -0.25) is 4.79 Å². The topological polar surface area (TPSA) is 73.0 Å². The molecular formula is C18H19ClN4O2S. The number of carbonyl (C=O) groups excluding carboxylic acids is 1. The highest BCUT2D eigenvalue weighted by molar-refractivity contribution is 7.99. The largest absolute Gasteiger partial charge is 0.469 e. The molecule has 136 valence electrons. The summed E-state index contributed by atoms with van der Waals surface area (Å²) in [6.07, 6.45) is 1.62. The first-order valence-electron chi connectivity index (χ1n) is 8.00. The Kier molecular flexibility index (Phi) is 5.38. The lowest BCUT2D eigenvalue weighted by Gasteiger charge is -2.11. The van der Waals surface area contributed by atoms with Crippen LogP contribution >= 0.6 is 23.4 Å². The van der Waals surface area contributed by atoms with Gasteiger partial charge in [0.2, 0.25) is 5.91 Å². The molecule has 0 aliphatic rings. The molecule has 0 fully saturated rings. The average Bonchev–Trinajstić information content (AvgIpc) is 3.14. The Hall–Kier alpha value is -2.25. The van der Waals surface area contributed by atoms with Gasteiger partial charge in [0.15, 0.2) is 11.0 Å². The Labute approximate surface area is 160 Å². The van der Waals surface area contributed by atoms with Crippen LogP contribution in [0.1, 0.15) is 16.9 Å². The molecule has 0 unspecified atom stereocenters. The van der Waals surface area contributed by atoms with Crippen LogP contribution in [0, 0.1) is 20.8 Å². The third-order valence-corrected chi connectivity index (χ3v) is 5.28. The number of aryl methyl sites for hydroxylation is 3. The van der Waals surface area contributed by atoms with Crippen LogP contribution in [0.2, 0.25) is 5.02 Å². The molecule has 0 aliphatic heterocycles. The summed E-state index contributed by atoms with van der Waals surface area (Å²) in [6, 6.07) is 5.67. The number of amides is 1. The minimum Gasteiger partial charge on any atom is -0.469 e. The Morgan fingerprint density at radius 3 is 2.73 bits per heavy atom. The van der Waals surface area contributed by atoms with Crippen molar-refractivity contribution >= 4 is 35.0 Å². The fourth-order valence-electron chi connectivity index (χ4n) is 2.67. The van der Waals surface area contributed by atoms with Gasteiger partial charge in [0.25, 0.3) is 0 Å². The van der Waals surface area contributed by atoms with E-state index in [0.29, 0.717) is 21.7 Å². The lowest BCUT2D eigenvalue weighted by molar-refractivity contribution is -0.113. The van der Waals surface area contributed by atoms with Gasteiger partial charge in [-0.15, -0.1) is 10.2 Å². The summed E-state index contributed by atoms with van der Waals surface area (Å²) in [5.41, 5.74) is 3.53. The van der Waals surface area contributed by atoms with Gasteiger partial charge >= 0.3 is 0 Å². The molecule has 26 heavy (non-hydrogen) atoms. The summed E-state index contributed by atoms with van der Waals surface area (Å²) in [5.74, 6) is 1.55. The summed E-state index contributed by atoms with van der Waals surface area (Å²) in [5, 5.41) is 12.4. The average molecular weight is 391 g/mol. The Balaban J connectivity index is 1.68. The van der Waals surface area contributed by atoms with Crippen molar-refractivity contribution in [3.8, 4) is 11.4 Å². The van der Waals surface area contributed by atoms with Crippen LogP contribution in [0.4, 0.5) is 5.69 Å². The summed E-state index contributed by atoms with van der Waals surface area (Å²) in [6.45, 7) is 5.76. The quantitative estimate of drug-likeness (QED) is 0.654. The standard InChI is InChI=1S/C18H19ClN4O2S/c1-10-7-11(2)16(14(19)8-10)20-15(24)9-26-18-22-21-17(23(18)4)13-5-6-25-12(13)3/h5-8H,9H2,1-4H3,(H,20,24). The lowest BCUT2D eigenvalue weighted by Crippen LogP contribution is -2.15. The minimum atomic E-state index is -0.145. The van der Waals surface area contributed by atoms with Crippen LogP contribution in [0.3, 0.4) is 0 Å². The zero-order chi connectivity index (χ0) is 18.8. The molecule has 2 heterocycles. The third kappa shape index (κ3) is 3.78. The molecule has 0 saturated heterocycles. The van der Waals surface area contributed by atoms with Crippen LogP contribution in [0.25, 0.3) is 11.4 Å². The number of thioether (sulfide) groups is 1. The predicted molar refractivity (Wildman–Crippen MR) is 104 cm³/mol. The number of halogens is 1. The van der Waals surface area contributed by atoms with Gasteiger partial charge in [0.05, 0.1) is 28.3 Å². The fraction of sp³-hybridized carbons (Fsp3) is 0.278. The molecular weight excluding hydrogens is 372 g/mol. The highest BCUT2D eigenvalue weighted by Gasteiger charge is 2.16. The first-order valence-corrected chi connectivity index (χ1v) is 9.36. The molecule has 3 aromatic rings. The Morgan fingerprint density at radius 1 is 1.31 bits per heavy atom. The van der Waals surface area contributed by atoms with Gasteiger partial charge < -0.3 is 14.3 Å². The van der Waals surface area contributed by atoms with Crippen molar-refractivity contribution < 1.29 is 9.21 Å². The number of nitrogens with zero attached hydrogens (tertiary/aromatic N) is 3. The summed E-state index contributed by atoms with van der Waals surface area (Å²) in [4.78, 5) is 12.3. The van der Waals surface area contributed by atoms with Crippen molar-refractivity contribution in [1.82, 2.24) is 14.8 Å². The first-order chi connectivity index (χ1) is 12.4. The minimum absolute atomic E-state index is 0.145. The normalized spacial score (nSPS) is 11.0. The van der Waals surface area contributed by atoms with E-state index in [1.807, 2.05) is 50.6 Å². The Morgan fingerprint density at radius 2 is 2.08 bits per heavy atom. The van der Waals surface area contributed by atoms with E-state index >= 15 is 0 Å². The van der Waals surface area contributed by atoms with Crippen molar-refractivity contribution in [2.45, 2.75) is 25.9 Å². The number of furan rings is 1. The van der Waals surface area contributed by atoms with Gasteiger partial charge in [0, 0.05) is 7.05 Å². The molecule has 2 aromatic heterocycles. The van der Waals surface area contributed by atoms with Crippen molar-refractivity contribution in [3.05, 3.63) is 46.4 Å². The van der Waals surface area contributed by atoms with E-state index in [1.54, 1.807) is 6.26 Å². The van der Waals surface area contributed by atoms with E-state index in [0.717, 1.165) is 22.5 Å². The molecule has 0 bridgehead atoms. The van der Waals surface area contributed by atoms with Gasteiger partial charge in [-0.1, -0.05) is 29.4 Å². The second-order valence-corrected chi connectivity index (χ2v) is 7.38. The maximum atomic E-state index is 12.3. The molecule has 0 spiro atoms. The number of nitrogens with one attached hydrogen (secondary N) is 1. The highest BCUT2D eigenvalue weighted by Crippen LogP contribution is 2.28. The van der Waals surface area contributed by atoms with Crippen molar-refractivity contribution in [1.29, 1.82) is 0 Å². The van der Waals surface area contributed by atoms with E-state index in [9.17, 15) is 4.79 Å². The molecule has 6 nitrogen and oxygen atoms in total. The second kappa shape index (κ2) is 7.55. The maximum absolute atomic E-state index is 12.3. The van der Waals surface area contributed by atoms with Gasteiger partial charge in [0.1, 0.15) is 5.76 Å². The van der Waals surface area contributed by atoms with Gasteiger partial charge in [-0.25, -0.2) is 0 Å². The van der Waals surface area contributed by atoms with E-state index in [4.69, 9.17) is 16.0 Å². The number of carbonyl (C=O) groups is 1. The zero-order valence-electron chi connectivity index (χ0n) is 15.0. The molecule has 8 heteroatoms. The smallest absolute Gasteiger partial charge is 0.234 e. The molecule has 0 atom stereocenters. The van der Waals surface area contributed by atoms with Gasteiger partial charge in [-0.2, -0.15) is 0 Å². The second-order valence-electron chi connectivity index (χ2n) is 6.03. The molecule has 1 N–H and O–H groups in total. The number of aromatic nitrogens is 3. The SMILES string of the molecule is Cc1cc(C)c(NC(=O)CSc2nnc(-c3ccoc3C)n2C)c(Cl)c1. The first kappa shape index (κ1) is 18.5. The molecule has 0 radical (unpaired) electrons. The zero-order valence-corrected chi connectivity index (χ0v) is 16.5. The highest BCUT2D eigenvalue weighted by atomic mass is 35.5. The molecule has 1 amide bonds. The van der Waals surface area contributed by atoms with E-state index < -0.39 is 0 Å². The van der Waals surface area contributed by atoms with Crippen LogP contribution in [0.5, 0.6) is 0 Å². The van der Waals surface area contributed by atoms with Gasteiger partial charge in [-0.05, 0) is 44.0 Å². The summed E-state index contributed by atoms with van der Waals surface area (Å²) < 4.78 is 7.16. The monoisotopic (exact) mass is 390 g/mol. The van der Waals surface area contributed by atoms with Crippen LogP contribution in [-0.2, 0) is 11.8 Å². The van der Waals surface area contributed by atoms with Crippen molar-refractivity contribution in [3.63, 3.8) is 0 Å². The molecule has 0 aliphatic carbocycles. The Bertz CT molecular complexity index is 941. The molecule has 0 saturated carbocycles.